The summed E-state index contributed by atoms with van der Waals surface area (Å²) in [6.07, 6.45) is 6.72. The highest BCUT2D eigenvalue weighted by Gasteiger charge is 2.18. The minimum absolute atomic E-state index is 0.245. The van der Waals surface area contributed by atoms with Gasteiger partial charge in [-0.05, 0) is 24.3 Å². The van der Waals surface area contributed by atoms with Crippen molar-refractivity contribution in [2.45, 2.75) is 0 Å². The molecular formula is C20H12FN7. The molecule has 0 aliphatic rings. The number of fused-ring (bicyclic) bond motifs is 2. The number of hydrogen-bond acceptors (Lipinski definition) is 5. The molecule has 5 aromatic rings. The molecule has 0 fully saturated rings. The van der Waals surface area contributed by atoms with Crippen molar-refractivity contribution < 1.29 is 4.39 Å². The summed E-state index contributed by atoms with van der Waals surface area (Å²) >= 11 is 0. The smallest absolute Gasteiger partial charge is 0.180 e. The average molecular weight is 369 g/mol. The molecule has 0 aliphatic heterocycles. The van der Waals surface area contributed by atoms with Gasteiger partial charge in [-0.1, -0.05) is 12.1 Å². The third-order valence-electron chi connectivity index (χ3n) is 4.56. The zero-order valence-corrected chi connectivity index (χ0v) is 14.4. The Morgan fingerprint density at radius 2 is 1.96 bits per heavy atom. The van der Waals surface area contributed by atoms with Crippen molar-refractivity contribution in [2.24, 2.45) is 0 Å². The van der Waals surface area contributed by atoms with Crippen molar-refractivity contribution >= 4 is 17.1 Å². The zero-order valence-electron chi connectivity index (χ0n) is 14.4. The Morgan fingerprint density at radius 1 is 1.07 bits per heavy atom. The number of rotatable bonds is 2. The molecule has 1 aromatic carbocycles. The lowest BCUT2D eigenvalue weighted by molar-refractivity contribution is 0.628. The largest absolute Gasteiger partial charge is 0.381 e. The Labute approximate surface area is 158 Å². The lowest BCUT2D eigenvalue weighted by Crippen LogP contribution is -2.04. The van der Waals surface area contributed by atoms with Crippen LogP contribution in [0.2, 0.25) is 0 Å². The molecule has 4 aromatic heterocycles. The molecular weight excluding hydrogens is 357 g/mol. The van der Waals surface area contributed by atoms with Crippen LogP contribution in [0.15, 0.2) is 61.2 Å². The Kier molecular flexibility index (Phi) is 3.36. The summed E-state index contributed by atoms with van der Waals surface area (Å²) in [5.41, 5.74) is 10.2. The lowest BCUT2D eigenvalue weighted by atomic mass is 10.0. The van der Waals surface area contributed by atoms with Crippen LogP contribution in [0.3, 0.4) is 0 Å². The lowest BCUT2D eigenvalue weighted by Gasteiger charge is -2.14. The molecule has 0 atom stereocenters. The maximum absolute atomic E-state index is 13.9. The van der Waals surface area contributed by atoms with Crippen LogP contribution in [0.5, 0.6) is 0 Å². The number of nitriles is 1. The first-order valence-corrected chi connectivity index (χ1v) is 8.42. The van der Waals surface area contributed by atoms with Crippen LogP contribution in [0.1, 0.15) is 5.69 Å². The fourth-order valence-electron chi connectivity index (χ4n) is 3.33. The van der Waals surface area contributed by atoms with Crippen LogP contribution in [0.25, 0.3) is 33.8 Å². The van der Waals surface area contributed by atoms with Crippen LogP contribution in [0, 0.1) is 17.1 Å². The molecule has 0 amide bonds. The molecule has 4 heterocycles. The van der Waals surface area contributed by atoms with Crippen LogP contribution < -0.4 is 5.73 Å². The SMILES string of the molecule is N#Cc1cnc2ccc(-c3c(-c4cccc(F)c4)nc(N)c4nccn34)cn12. The number of pyridine rings is 1. The standard InChI is InChI=1S/C20H12FN7/c21-14-3-1-2-12(8-14)17-18(27-7-6-24-20(27)19(23)26-17)13-4-5-16-25-10-15(9-22)28(16)11-13/h1-8,10-11H,(H2,23,26). The number of anilines is 1. The maximum Gasteiger partial charge on any atom is 0.180 e. The van der Waals surface area contributed by atoms with Gasteiger partial charge in [0.1, 0.15) is 23.2 Å². The van der Waals surface area contributed by atoms with Gasteiger partial charge in [0.05, 0.1) is 17.6 Å². The van der Waals surface area contributed by atoms with Gasteiger partial charge in [0.2, 0.25) is 0 Å². The Balaban J connectivity index is 1.88. The number of nitrogens with two attached hydrogens (primary N) is 1. The van der Waals surface area contributed by atoms with Crippen molar-refractivity contribution in [3.05, 3.63) is 72.7 Å². The van der Waals surface area contributed by atoms with Crippen LogP contribution in [-0.2, 0) is 0 Å². The molecule has 5 rings (SSSR count). The molecule has 0 aliphatic carbocycles. The van der Waals surface area contributed by atoms with E-state index in [0.717, 1.165) is 5.56 Å². The van der Waals surface area contributed by atoms with Gasteiger partial charge in [-0.25, -0.2) is 19.3 Å². The fourth-order valence-corrected chi connectivity index (χ4v) is 3.33. The number of nitrogen functional groups attached to an aromatic ring is 1. The monoisotopic (exact) mass is 369 g/mol. The van der Waals surface area contributed by atoms with Gasteiger partial charge < -0.3 is 5.73 Å². The number of imidazole rings is 2. The third-order valence-corrected chi connectivity index (χ3v) is 4.56. The first-order chi connectivity index (χ1) is 13.7. The quantitative estimate of drug-likeness (QED) is 0.515. The van der Waals surface area contributed by atoms with E-state index in [-0.39, 0.29) is 11.6 Å². The predicted octanol–water partition coefficient (Wildman–Crippen LogP) is 3.30. The van der Waals surface area contributed by atoms with E-state index in [0.29, 0.717) is 33.9 Å². The van der Waals surface area contributed by atoms with Gasteiger partial charge in [-0.3, -0.25) is 8.80 Å². The first kappa shape index (κ1) is 16.0. The molecule has 7 nitrogen and oxygen atoms in total. The second kappa shape index (κ2) is 5.89. The van der Waals surface area contributed by atoms with Crippen molar-refractivity contribution in [2.75, 3.05) is 5.73 Å². The van der Waals surface area contributed by atoms with Gasteiger partial charge in [0.25, 0.3) is 0 Å². The second-order valence-electron chi connectivity index (χ2n) is 6.23. The molecule has 0 spiro atoms. The van der Waals surface area contributed by atoms with Crippen LogP contribution in [0.4, 0.5) is 10.2 Å². The summed E-state index contributed by atoms with van der Waals surface area (Å²) in [6, 6.07) is 12.0. The number of hydrogen-bond donors (Lipinski definition) is 1. The topological polar surface area (TPSA) is 97.3 Å². The highest BCUT2D eigenvalue weighted by molar-refractivity contribution is 5.83. The van der Waals surface area contributed by atoms with Crippen LogP contribution in [-0.4, -0.2) is 23.8 Å². The second-order valence-corrected chi connectivity index (χ2v) is 6.23. The zero-order chi connectivity index (χ0) is 19.3. The summed E-state index contributed by atoms with van der Waals surface area (Å²) < 4.78 is 17.4. The van der Waals surface area contributed by atoms with E-state index < -0.39 is 0 Å². The van der Waals surface area contributed by atoms with E-state index in [4.69, 9.17) is 5.73 Å². The van der Waals surface area contributed by atoms with E-state index in [9.17, 15) is 9.65 Å². The van der Waals surface area contributed by atoms with Gasteiger partial charge in [-0.2, -0.15) is 5.26 Å². The fraction of sp³-hybridized carbons (Fsp3) is 0. The van der Waals surface area contributed by atoms with Crippen molar-refractivity contribution in [3.8, 4) is 28.6 Å². The van der Waals surface area contributed by atoms with Crippen molar-refractivity contribution in [1.29, 1.82) is 5.26 Å². The average Bonchev–Trinajstić information content (AvgIpc) is 3.34. The van der Waals surface area contributed by atoms with Crippen LogP contribution >= 0.6 is 0 Å². The molecule has 0 bridgehead atoms. The molecule has 2 N–H and O–H groups in total. The minimum atomic E-state index is -0.369. The minimum Gasteiger partial charge on any atom is -0.381 e. The van der Waals surface area contributed by atoms with E-state index in [1.54, 1.807) is 35.1 Å². The predicted molar refractivity (Wildman–Crippen MR) is 102 cm³/mol. The first-order valence-electron chi connectivity index (χ1n) is 8.42. The summed E-state index contributed by atoms with van der Waals surface area (Å²) in [6.45, 7) is 0. The Hall–Kier alpha value is -4.25. The summed E-state index contributed by atoms with van der Waals surface area (Å²) in [5.74, 6) is -0.124. The highest BCUT2D eigenvalue weighted by Crippen LogP contribution is 2.33. The molecule has 0 unspecified atom stereocenters. The molecule has 0 saturated carbocycles. The maximum atomic E-state index is 13.9. The van der Waals surface area contributed by atoms with Gasteiger partial charge >= 0.3 is 0 Å². The van der Waals surface area contributed by atoms with Crippen molar-refractivity contribution in [3.63, 3.8) is 0 Å². The van der Waals surface area contributed by atoms with Gasteiger partial charge in [0.15, 0.2) is 11.5 Å². The van der Waals surface area contributed by atoms with E-state index >= 15 is 0 Å². The molecule has 134 valence electrons. The highest BCUT2D eigenvalue weighted by atomic mass is 19.1. The molecule has 8 heteroatoms. The normalized spacial score (nSPS) is 11.1. The van der Waals surface area contributed by atoms with Crippen molar-refractivity contribution in [1.82, 2.24) is 23.8 Å². The summed E-state index contributed by atoms with van der Waals surface area (Å²) in [5, 5.41) is 9.33. The number of nitrogens with zero attached hydrogens (tertiary/aromatic N) is 6. The Morgan fingerprint density at radius 3 is 2.79 bits per heavy atom. The number of aromatic nitrogens is 5. The Bertz CT molecular complexity index is 1410. The summed E-state index contributed by atoms with van der Waals surface area (Å²) in [4.78, 5) is 13.0. The van der Waals surface area contributed by atoms with Gasteiger partial charge in [-0.15, -0.1) is 0 Å². The van der Waals surface area contributed by atoms with E-state index in [1.807, 2.05) is 16.5 Å². The molecule has 28 heavy (non-hydrogen) atoms. The molecule has 0 radical (unpaired) electrons. The van der Waals surface area contributed by atoms with E-state index in [1.165, 1.54) is 18.3 Å². The van der Waals surface area contributed by atoms with Gasteiger partial charge in [0, 0.05) is 29.7 Å². The molecule has 0 saturated heterocycles. The summed E-state index contributed by atoms with van der Waals surface area (Å²) in [7, 11) is 0. The number of benzene rings is 1. The third kappa shape index (κ3) is 2.30. The number of halogens is 1. The van der Waals surface area contributed by atoms with E-state index in [2.05, 4.69) is 21.0 Å².